The fourth-order valence-corrected chi connectivity index (χ4v) is 3.60. The van der Waals surface area contributed by atoms with E-state index in [1.165, 1.54) is 19.4 Å². The average molecular weight is 268 g/mol. The molecule has 1 saturated heterocycles. The zero-order valence-corrected chi connectivity index (χ0v) is 12.3. The highest BCUT2D eigenvalue weighted by Gasteiger charge is 2.46. The molecule has 3 rings (SSSR count). The third-order valence-electron chi connectivity index (χ3n) is 4.94. The van der Waals surface area contributed by atoms with Crippen molar-refractivity contribution in [3.8, 4) is 0 Å². The second-order valence-electron chi connectivity index (χ2n) is 6.82. The van der Waals surface area contributed by atoms with Crippen LogP contribution in [0, 0.1) is 5.92 Å². The lowest BCUT2D eigenvalue weighted by atomic mass is 9.84. The van der Waals surface area contributed by atoms with E-state index in [2.05, 4.69) is 18.7 Å². The maximum atomic E-state index is 6.41. The topological polar surface area (TPSA) is 47.7 Å². The molecular formula is C15H28N2O2. The van der Waals surface area contributed by atoms with Crippen molar-refractivity contribution >= 4 is 0 Å². The molecule has 3 fully saturated rings. The van der Waals surface area contributed by atoms with E-state index in [-0.39, 0.29) is 11.8 Å². The minimum Gasteiger partial charge on any atom is -0.347 e. The lowest BCUT2D eigenvalue weighted by Crippen LogP contribution is -2.58. The highest BCUT2D eigenvalue weighted by atomic mass is 16.7. The Morgan fingerprint density at radius 2 is 1.89 bits per heavy atom. The average Bonchev–Trinajstić information content (AvgIpc) is 3.09. The van der Waals surface area contributed by atoms with Gasteiger partial charge in [0.05, 0.1) is 13.2 Å². The van der Waals surface area contributed by atoms with E-state index in [1.807, 2.05) is 0 Å². The van der Waals surface area contributed by atoms with Crippen LogP contribution in [0.2, 0.25) is 0 Å². The number of nitrogens with zero attached hydrogens (tertiary/aromatic N) is 1. The normalized spacial score (nSPS) is 34.6. The summed E-state index contributed by atoms with van der Waals surface area (Å²) < 4.78 is 11.8. The van der Waals surface area contributed by atoms with Gasteiger partial charge in [0.25, 0.3) is 0 Å². The van der Waals surface area contributed by atoms with Gasteiger partial charge in [0, 0.05) is 37.5 Å². The third kappa shape index (κ3) is 2.97. The van der Waals surface area contributed by atoms with Gasteiger partial charge >= 0.3 is 0 Å². The molecule has 0 bridgehead atoms. The summed E-state index contributed by atoms with van der Waals surface area (Å²) in [6, 6.07) is 1.22. The van der Waals surface area contributed by atoms with Gasteiger partial charge in [0.1, 0.15) is 0 Å². The lowest BCUT2D eigenvalue weighted by molar-refractivity contribution is -0.193. The van der Waals surface area contributed by atoms with Crippen molar-refractivity contribution in [2.45, 2.75) is 69.9 Å². The lowest BCUT2D eigenvalue weighted by Gasteiger charge is -2.46. The van der Waals surface area contributed by atoms with Gasteiger partial charge in [-0.05, 0) is 39.0 Å². The smallest absolute Gasteiger partial charge is 0.170 e. The summed E-state index contributed by atoms with van der Waals surface area (Å²) in [7, 11) is 0. The molecule has 2 atom stereocenters. The first-order valence-corrected chi connectivity index (χ1v) is 7.89. The van der Waals surface area contributed by atoms with Gasteiger partial charge in [0.15, 0.2) is 5.79 Å². The number of hydrogen-bond donors (Lipinski definition) is 1. The predicted octanol–water partition coefficient (Wildman–Crippen LogP) is 1.73. The molecule has 4 heteroatoms. The van der Waals surface area contributed by atoms with Gasteiger partial charge in [-0.2, -0.15) is 0 Å². The molecule has 0 aromatic rings. The maximum absolute atomic E-state index is 6.41. The van der Waals surface area contributed by atoms with Crippen LogP contribution < -0.4 is 5.73 Å². The van der Waals surface area contributed by atoms with E-state index >= 15 is 0 Å². The van der Waals surface area contributed by atoms with Crippen LogP contribution in [0.25, 0.3) is 0 Å². The summed E-state index contributed by atoms with van der Waals surface area (Å²) in [4.78, 5) is 2.61. The summed E-state index contributed by atoms with van der Waals surface area (Å²) in [5.74, 6) is 0.579. The van der Waals surface area contributed by atoms with Crippen molar-refractivity contribution < 1.29 is 9.47 Å². The Labute approximate surface area is 116 Å². The second-order valence-corrected chi connectivity index (χ2v) is 6.82. The van der Waals surface area contributed by atoms with Crippen LogP contribution in [0.15, 0.2) is 0 Å². The standard InChI is InChI=1S/C15H28N2O2/c1-11(2)17(10-12-3-4-12)14-9-15(6-5-13(14)16)18-7-8-19-15/h11-14H,3-10,16H2,1-2H3. The summed E-state index contributed by atoms with van der Waals surface area (Å²) in [6.07, 6.45) is 5.70. The van der Waals surface area contributed by atoms with E-state index in [4.69, 9.17) is 15.2 Å². The number of nitrogens with two attached hydrogens (primary N) is 1. The number of hydrogen-bond acceptors (Lipinski definition) is 4. The largest absolute Gasteiger partial charge is 0.347 e. The molecular weight excluding hydrogens is 240 g/mol. The van der Waals surface area contributed by atoms with Crippen molar-refractivity contribution in [3.05, 3.63) is 0 Å². The molecule has 2 aliphatic carbocycles. The molecule has 1 aliphatic heterocycles. The molecule has 0 amide bonds. The highest BCUT2D eigenvalue weighted by Crippen LogP contribution is 2.39. The zero-order chi connectivity index (χ0) is 13.5. The van der Waals surface area contributed by atoms with E-state index in [0.717, 1.165) is 38.4 Å². The van der Waals surface area contributed by atoms with Gasteiger partial charge in [-0.3, -0.25) is 4.90 Å². The maximum Gasteiger partial charge on any atom is 0.170 e. The van der Waals surface area contributed by atoms with Crippen molar-refractivity contribution in [1.82, 2.24) is 4.90 Å². The summed E-state index contributed by atoms with van der Waals surface area (Å²) in [6.45, 7) is 7.25. The van der Waals surface area contributed by atoms with Crippen LogP contribution in [-0.4, -0.2) is 48.6 Å². The molecule has 2 saturated carbocycles. The first-order valence-electron chi connectivity index (χ1n) is 7.89. The molecule has 0 aromatic carbocycles. The minimum absolute atomic E-state index is 0.263. The zero-order valence-electron chi connectivity index (χ0n) is 12.3. The SMILES string of the molecule is CC(C)N(CC1CC1)C1CC2(CCC1N)OCCO2. The van der Waals surface area contributed by atoms with Gasteiger partial charge in [-0.1, -0.05) is 0 Å². The number of rotatable bonds is 4. The Kier molecular flexibility index (Phi) is 3.87. The van der Waals surface area contributed by atoms with Crippen LogP contribution in [0.5, 0.6) is 0 Å². The quantitative estimate of drug-likeness (QED) is 0.843. The Morgan fingerprint density at radius 3 is 2.47 bits per heavy atom. The summed E-state index contributed by atoms with van der Waals surface area (Å²) in [5, 5.41) is 0. The predicted molar refractivity (Wildman–Crippen MR) is 74.8 cm³/mol. The fourth-order valence-electron chi connectivity index (χ4n) is 3.60. The third-order valence-corrected chi connectivity index (χ3v) is 4.94. The Hall–Kier alpha value is -0.160. The molecule has 1 heterocycles. The van der Waals surface area contributed by atoms with Crippen LogP contribution in [-0.2, 0) is 9.47 Å². The van der Waals surface area contributed by atoms with Crippen LogP contribution in [0.1, 0.15) is 46.0 Å². The molecule has 3 aliphatic rings. The molecule has 4 nitrogen and oxygen atoms in total. The molecule has 0 aromatic heterocycles. The van der Waals surface area contributed by atoms with E-state index in [9.17, 15) is 0 Å². The Morgan fingerprint density at radius 1 is 1.21 bits per heavy atom. The molecule has 2 N–H and O–H groups in total. The second kappa shape index (κ2) is 5.32. The fraction of sp³-hybridized carbons (Fsp3) is 1.00. The van der Waals surface area contributed by atoms with Crippen LogP contribution >= 0.6 is 0 Å². The first kappa shape index (κ1) is 13.8. The summed E-state index contributed by atoms with van der Waals surface area (Å²) in [5.41, 5.74) is 6.41. The van der Waals surface area contributed by atoms with Crippen molar-refractivity contribution in [2.75, 3.05) is 19.8 Å². The number of ether oxygens (including phenoxy) is 2. The monoisotopic (exact) mass is 268 g/mol. The van der Waals surface area contributed by atoms with E-state index in [0.29, 0.717) is 12.1 Å². The van der Waals surface area contributed by atoms with E-state index in [1.54, 1.807) is 0 Å². The minimum atomic E-state index is -0.322. The van der Waals surface area contributed by atoms with Crippen molar-refractivity contribution in [3.63, 3.8) is 0 Å². The van der Waals surface area contributed by atoms with Gasteiger partial charge in [-0.25, -0.2) is 0 Å². The van der Waals surface area contributed by atoms with Crippen LogP contribution in [0.4, 0.5) is 0 Å². The van der Waals surface area contributed by atoms with Gasteiger partial charge in [0.2, 0.25) is 0 Å². The highest BCUT2D eigenvalue weighted by molar-refractivity contribution is 4.97. The Balaban J connectivity index is 1.71. The van der Waals surface area contributed by atoms with Crippen molar-refractivity contribution in [2.24, 2.45) is 11.7 Å². The molecule has 110 valence electrons. The molecule has 1 spiro atoms. The Bertz CT molecular complexity index is 311. The molecule has 19 heavy (non-hydrogen) atoms. The van der Waals surface area contributed by atoms with E-state index < -0.39 is 0 Å². The molecule has 0 radical (unpaired) electrons. The van der Waals surface area contributed by atoms with Crippen LogP contribution in [0.3, 0.4) is 0 Å². The van der Waals surface area contributed by atoms with Gasteiger partial charge in [-0.15, -0.1) is 0 Å². The summed E-state index contributed by atoms with van der Waals surface area (Å²) >= 11 is 0. The van der Waals surface area contributed by atoms with Crippen molar-refractivity contribution in [1.29, 1.82) is 0 Å². The van der Waals surface area contributed by atoms with Gasteiger partial charge < -0.3 is 15.2 Å². The molecule has 2 unspecified atom stereocenters. The first-order chi connectivity index (χ1) is 9.10.